The van der Waals surface area contributed by atoms with Crippen LogP contribution >= 0.6 is 11.3 Å². The van der Waals surface area contributed by atoms with Gasteiger partial charge in [0.15, 0.2) is 0 Å². The lowest BCUT2D eigenvalue weighted by atomic mass is 9.95. The summed E-state index contributed by atoms with van der Waals surface area (Å²) < 4.78 is 1.15. The molecule has 0 radical (unpaired) electrons. The van der Waals surface area contributed by atoms with Crippen molar-refractivity contribution in [1.82, 2.24) is 10.3 Å². The van der Waals surface area contributed by atoms with Crippen LogP contribution in [0.2, 0.25) is 0 Å². The summed E-state index contributed by atoms with van der Waals surface area (Å²) in [6.07, 6.45) is 6.04. The van der Waals surface area contributed by atoms with Gasteiger partial charge in [-0.1, -0.05) is 19.3 Å². The fourth-order valence-corrected chi connectivity index (χ4v) is 3.26. The van der Waals surface area contributed by atoms with Gasteiger partial charge in [-0.05, 0) is 30.4 Å². The van der Waals surface area contributed by atoms with E-state index in [1.807, 2.05) is 17.5 Å². The predicted molar refractivity (Wildman–Crippen MR) is 70.5 cm³/mol. The molecule has 0 unspecified atom stereocenters. The number of hydrogen-bond acceptors (Lipinski definition) is 2. The van der Waals surface area contributed by atoms with E-state index in [0.717, 1.165) is 23.1 Å². The van der Waals surface area contributed by atoms with Crippen LogP contribution in [0.25, 0.3) is 10.2 Å². The maximum atomic E-state index is 12.0. The number of fused-ring (bicyclic) bond motifs is 1. The van der Waals surface area contributed by atoms with E-state index < -0.39 is 0 Å². The number of rotatable bonds is 2. The van der Waals surface area contributed by atoms with Crippen molar-refractivity contribution in [3.05, 3.63) is 23.2 Å². The van der Waals surface area contributed by atoms with Gasteiger partial charge in [0.2, 0.25) is 0 Å². The van der Waals surface area contributed by atoms with Crippen LogP contribution in [-0.2, 0) is 0 Å². The molecule has 3 rings (SSSR count). The monoisotopic (exact) mass is 248 g/mol. The summed E-state index contributed by atoms with van der Waals surface area (Å²) in [5.41, 5.74) is 1.75. The number of amides is 1. The molecule has 2 aromatic heterocycles. The summed E-state index contributed by atoms with van der Waals surface area (Å²) in [4.78, 5) is 15.2. The average Bonchev–Trinajstić information content (AvgIpc) is 2.90. The van der Waals surface area contributed by atoms with E-state index in [9.17, 15) is 4.79 Å². The van der Waals surface area contributed by atoms with Crippen LogP contribution in [0.15, 0.2) is 17.5 Å². The minimum atomic E-state index is 0.0419. The summed E-state index contributed by atoms with van der Waals surface area (Å²) in [7, 11) is 0. The van der Waals surface area contributed by atoms with Crippen LogP contribution in [0.5, 0.6) is 0 Å². The number of carbonyl (C=O) groups is 1. The van der Waals surface area contributed by atoms with Crippen LogP contribution in [0.3, 0.4) is 0 Å². The Balaban J connectivity index is 1.71. The molecule has 0 spiro atoms. The molecule has 1 saturated carbocycles. The zero-order valence-corrected chi connectivity index (χ0v) is 10.5. The predicted octanol–water partition coefficient (Wildman–Crippen LogP) is 3.29. The quantitative estimate of drug-likeness (QED) is 0.841. The van der Waals surface area contributed by atoms with Crippen LogP contribution in [0, 0.1) is 0 Å². The van der Waals surface area contributed by atoms with Gasteiger partial charge < -0.3 is 10.3 Å². The number of carbonyl (C=O) groups excluding carboxylic acids is 1. The van der Waals surface area contributed by atoms with Gasteiger partial charge in [0.1, 0.15) is 5.69 Å². The van der Waals surface area contributed by atoms with E-state index in [1.54, 1.807) is 11.3 Å². The Bertz CT molecular complexity index is 494. The molecular weight excluding hydrogens is 232 g/mol. The Hall–Kier alpha value is -1.29. The third kappa shape index (κ3) is 2.22. The van der Waals surface area contributed by atoms with E-state index in [2.05, 4.69) is 10.3 Å². The highest BCUT2D eigenvalue weighted by atomic mass is 32.1. The number of thiophene rings is 1. The minimum Gasteiger partial charge on any atom is -0.350 e. The van der Waals surface area contributed by atoms with Gasteiger partial charge in [0, 0.05) is 6.04 Å². The smallest absolute Gasteiger partial charge is 0.267 e. The molecule has 2 aromatic rings. The molecule has 0 aliphatic heterocycles. The van der Waals surface area contributed by atoms with Gasteiger partial charge in [-0.3, -0.25) is 4.79 Å². The molecule has 90 valence electrons. The summed E-state index contributed by atoms with van der Waals surface area (Å²) in [5, 5.41) is 5.15. The van der Waals surface area contributed by atoms with Crippen molar-refractivity contribution >= 4 is 27.5 Å². The molecular formula is C13H16N2OS. The topological polar surface area (TPSA) is 44.9 Å². The molecule has 0 atom stereocenters. The normalized spacial score (nSPS) is 17.4. The van der Waals surface area contributed by atoms with Crippen molar-refractivity contribution < 1.29 is 4.79 Å². The maximum absolute atomic E-state index is 12.0. The molecule has 1 aliphatic carbocycles. The molecule has 0 aromatic carbocycles. The highest BCUT2D eigenvalue weighted by Gasteiger charge is 2.17. The van der Waals surface area contributed by atoms with Gasteiger partial charge in [0.05, 0.1) is 10.2 Å². The van der Waals surface area contributed by atoms with E-state index in [-0.39, 0.29) is 5.91 Å². The molecule has 3 nitrogen and oxygen atoms in total. The summed E-state index contributed by atoms with van der Waals surface area (Å²) in [6.45, 7) is 0. The molecule has 1 aliphatic rings. The average molecular weight is 248 g/mol. The first kappa shape index (κ1) is 10.8. The molecule has 17 heavy (non-hydrogen) atoms. The lowest BCUT2D eigenvalue weighted by molar-refractivity contribution is 0.0923. The Kier molecular flexibility index (Phi) is 2.89. The van der Waals surface area contributed by atoms with Crippen molar-refractivity contribution in [3.8, 4) is 0 Å². The first-order valence-electron chi connectivity index (χ1n) is 6.20. The summed E-state index contributed by atoms with van der Waals surface area (Å²) in [6, 6.07) is 4.33. The first-order valence-corrected chi connectivity index (χ1v) is 7.08. The Morgan fingerprint density at radius 1 is 1.35 bits per heavy atom. The number of aromatic nitrogens is 1. The first-order chi connectivity index (χ1) is 8.33. The van der Waals surface area contributed by atoms with Gasteiger partial charge >= 0.3 is 0 Å². The third-order valence-electron chi connectivity index (χ3n) is 3.42. The van der Waals surface area contributed by atoms with Crippen LogP contribution < -0.4 is 5.32 Å². The highest BCUT2D eigenvalue weighted by Crippen LogP contribution is 2.22. The van der Waals surface area contributed by atoms with Crippen molar-refractivity contribution in [3.63, 3.8) is 0 Å². The molecule has 1 fully saturated rings. The van der Waals surface area contributed by atoms with E-state index in [0.29, 0.717) is 11.7 Å². The fourth-order valence-electron chi connectivity index (χ4n) is 2.48. The lowest BCUT2D eigenvalue weighted by Crippen LogP contribution is -2.36. The molecule has 2 heterocycles. The van der Waals surface area contributed by atoms with E-state index in [1.165, 1.54) is 19.3 Å². The van der Waals surface area contributed by atoms with Crippen LogP contribution in [0.1, 0.15) is 42.6 Å². The summed E-state index contributed by atoms with van der Waals surface area (Å²) in [5.74, 6) is 0.0419. The second-order valence-corrected chi connectivity index (χ2v) is 5.64. The largest absolute Gasteiger partial charge is 0.350 e. The van der Waals surface area contributed by atoms with Crippen molar-refractivity contribution in [2.75, 3.05) is 0 Å². The number of aromatic amines is 1. The standard InChI is InChI=1S/C13H16N2OS/c16-13(14-9-4-2-1-3-5-9)11-8-12-10(15-11)6-7-17-12/h6-9,15H,1-5H2,(H,14,16). The maximum Gasteiger partial charge on any atom is 0.267 e. The van der Waals surface area contributed by atoms with E-state index in [4.69, 9.17) is 0 Å². The Morgan fingerprint density at radius 2 is 2.18 bits per heavy atom. The molecule has 0 saturated heterocycles. The zero-order valence-electron chi connectivity index (χ0n) is 9.66. The minimum absolute atomic E-state index is 0.0419. The number of H-pyrrole nitrogens is 1. The second kappa shape index (κ2) is 4.53. The van der Waals surface area contributed by atoms with Crippen LogP contribution in [-0.4, -0.2) is 16.9 Å². The van der Waals surface area contributed by atoms with Crippen molar-refractivity contribution in [2.45, 2.75) is 38.1 Å². The lowest BCUT2D eigenvalue weighted by Gasteiger charge is -2.22. The van der Waals surface area contributed by atoms with Gasteiger partial charge in [-0.25, -0.2) is 0 Å². The molecule has 1 amide bonds. The Morgan fingerprint density at radius 3 is 2.94 bits per heavy atom. The fraction of sp³-hybridized carbons (Fsp3) is 0.462. The molecule has 0 bridgehead atoms. The second-order valence-electron chi connectivity index (χ2n) is 4.69. The van der Waals surface area contributed by atoms with Crippen LogP contribution in [0.4, 0.5) is 0 Å². The SMILES string of the molecule is O=C(NC1CCCCC1)c1cc2sccc2[nH]1. The molecule has 4 heteroatoms. The summed E-state index contributed by atoms with van der Waals surface area (Å²) >= 11 is 1.66. The van der Waals surface area contributed by atoms with Gasteiger partial charge in [-0.2, -0.15) is 0 Å². The van der Waals surface area contributed by atoms with Crippen molar-refractivity contribution in [2.24, 2.45) is 0 Å². The molecule has 2 N–H and O–H groups in total. The van der Waals surface area contributed by atoms with Crippen molar-refractivity contribution in [1.29, 1.82) is 0 Å². The zero-order chi connectivity index (χ0) is 11.7. The number of nitrogens with one attached hydrogen (secondary N) is 2. The third-order valence-corrected chi connectivity index (χ3v) is 4.29. The number of hydrogen-bond donors (Lipinski definition) is 2. The van der Waals surface area contributed by atoms with E-state index >= 15 is 0 Å². The van der Waals surface area contributed by atoms with Gasteiger partial charge in [0.25, 0.3) is 5.91 Å². The Labute approximate surface area is 104 Å². The highest BCUT2D eigenvalue weighted by molar-refractivity contribution is 7.17. The van der Waals surface area contributed by atoms with Gasteiger partial charge in [-0.15, -0.1) is 11.3 Å².